The van der Waals surface area contributed by atoms with Crippen molar-refractivity contribution in [2.24, 2.45) is 5.92 Å². The molecule has 0 saturated carbocycles. The van der Waals surface area contributed by atoms with Gasteiger partial charge in [0.1, 0.15) is 17.2 Å². The van der Waals surface area contributed by atoms with Crippen molar-refractivity contribution in [3.8, 4) is 5.75 Å². The van der Waals surface area contributed by atoms with Gasteiger partial charge in [-0.15, -0.1) is 0 Å². The molecule has 0 N–H and O–H groups in total. The standard InChI is InChI=1S/C25H31ClN2O6S/c1-5-34-25(30)19-10-12-27(13-11-19)24(29)16-28(20-8-7-18(3)21(26)15-20)35(31,32)23-14-17(2)6-9-22(23)33-4/h6-9,14-15,19H,5,10-13,16H2,1-4H3. The van der Waals surface area contributed by atoms with Crippen molar-refractivity contribution in [2.75, 3.05) is 37.7 Å². The number of hydrogen-bond donors (Lipinski definition) is 0. The molecule has 1 aliphatic heterocycles. The lowest BCUT2D eigenvalue weighted by molar-refractivity contribution is -0.151. The van der Waals surface area contributed by atoms with Crippen molar-refractivity contribution in [2.45, 2.75) is 38.5 Å². The first-order valence-corrected chi connectivity index (χ1v) is 13.3. The van der Waals surface area contributed by atoms with E-state index in [9.17, 15) is 18.0 Å². The van der Waals surface area contributed by atoms with Crippen molar-refractivity contribution in [1.29, 1.82) is 0 Å². The zero-order valence-electron chi connectivity index (χ0n) is 20.4. The second-order valence-corrected chi connectivity index (χ2v) is 10.7. The monoisotopic (exact) mass is 522 g/mol. The summed E-state index contributed by atoms with van der Waals surface area (Å²) in [6.07, 6.45) is 0.943. The second-order valence-electron chi connectivity index (χ2n) is 8.51. The van der Waals surface area contributed by atoms with Crippen LogP contribution in [-0.2, 0) is 24.3 Å². The fraction of sp³-hybridized carbons (Fsp3) is 0.440. The largest absolute Gasteiger partial charge is 0.495 e. The van der Waals surface area contributed by atoms with Gasteiger partial charge in [0.15, 0.2) is 0 Å². The molecule has 0 aromatic heterocycles. The van der Waals surface area contributed by atoms with Crippen molar-refractivity contribution < 1.29 is 27.5 Å². The van der Waals surface area contributed by atoms with Gasteiger partial charge in [-0.1, -0.05) is 23.7 Å². The molecule has 2 aromatic rings. The van der Waals surface area contributed by atoms with Crippen LogP contribution in [0.25, 0.3) is 0 Å². The molecule has 0 atom stereocenters. The number of carbonyl (C=O) groups is 2. The average molecular weight is 523 g/mol. The summed E-state index contributed by atoms with van der Waals surface area (Å²) in [4.78, 5) is 26.9. The molecular weight excluding hydrogens is 492 g/mol. The number of halogens is 1. The van der Waals surface area contributed by atoms with Gasteiger partial charge in [-0.25, -0.2) is 8.42 Å². The summed E-state index contributed by atoms with van der Waals surface area (Å²) in [6, 6.07) is 9.74. The molecule has 1 aliphatic rings. The molecule has 35 heavy (non-hydrogen) atoms. The minimum Gasteiger partial charge on any atom is -0.495 e. The molecule has 1 saturated heterocycles. The highest BCUT2D eigenvalue weighted by molar-refractivity contribution is 7.93. The number of amides is 1. The Morgan fingerprint density at radius 2 is 1.80 bits per heavy atom. The number of benzene rings is 2. The van der Waals surface area contributed by atoms with E-state index in [0.29, 0.717) is 37.6 Å². The van der Waals surface area contributed by atoms with Gasteiger partial charge in [-0.3, -0.25) is 13.9 Å². The third-order valence-electron chi connectivity index (χ3n) is 6.08. The van der Waals surface area contributed by atoms with Crippen LogP contribution >= 0.6 is 11.6 Å². The number of methoxy groups -OCH3 is 1. The smallest absolute Gasteiger partial charge is 0.309 e. The van der Waals surface area contributed by atoms with E-state index in [1.807, 2.05) is 6.92 Å². The Balaban J connectivity index is 1.92. The maximum atomic E-state index is 13.9. The van der Waals surface area contributed by atoms with E-state index in [2.05, 4.69) is 0 Å². The van der Waals surface area contributed by atoms with Crippen LogP contribution in [0.2, 0.25) is 5.02 Å². The van der Waals surface area contributed by atoms with Crippen molar-refractivity contribution in [3.63, 3.8) is 0 Å². The zero-order chi connectivity index (χ0) is 25.8. The molecule has 190 valence electrons. The number of rotatable bonds is 8. The van der Waals surface area contributed by atoms with Gasteiger partial charge >= 0.3 is 5.97 Å². The second kappa shape index (κ2) is 11.3. The Hall–Kier alpha value is -2.78. The molecule has 10 heteroatoms. The first-order valence-electron chi connectivity index (χ1n) is 11.5. The van der Waals surface area contributed by atoms with Crippen LogP contribution in [0, 0.1) is 19.8 Å². The van der Waals surface area contributed by atoms with Crippen LogP contribution in [0.1, 0.15) is 30.9 Å². The molecule has 3 rings (SSSR count). The van der Waals surface area contributed by atoms with Gasteiger partial charge in [0.05, 0.1) is 25.3 Å². The Bertz CT molecular complexity index is 1190. The van der Waals surface area contributed by atoms with Crippen molar-refractivity contribution >= 4 is 39.2 Å². The average Bonchev–Trinajstić information content (AvgIpc) is 2.84. The SMILES string of the molecule is CCOC(=O)C1CCN(C(=O)CN(c2ccc(C)c(Cl)c2)S(=O)(=O)c2cc(C)ccc2OC)CC1. The number of likely N-dealkylation sites (tertiary alicyclic amines) is 1. The van der Waals surface area contributed by atoms with Crippen molar-refractivity contribution in [1.82, 2.24) is 4.90 Å². The number of piperidine rings is 1. The normalized spacial score (nSPS) is 14.5. The predicted octanol–water partition coefficient (Wildman–Crippen LogP) is 3.96. The number of sulfonamides is 1. The molecule has 0 aliphatic carbocycles. The fourth-order valence-electron chi connectivity index (χ4n) is 4.00. The summed E-state index contributed by atoms with van der Waals surface area (Å²) in [5.74, 6) is -0.698. The number of carbonyl (C=O) groups excluding carboxylic acids is 2. The summed E-state index contributed by atoms with van der Waals surface area (Å²) < 4.78 is 39.2. The number of aryl methyl sites for hydroxylation is 2. The molecule has 0 unspecified atom stereocenters. The van der Waals surface area contributed by atoms with Gasteiger partial charge in [-0.2, -0.15) is 0 Å². The van der Waals surface area contributed by atoms with E-state index < -0.39 is 16.6 Å². The third-order valence-corrected chi connectivity index (χ3v) is 8.28. The van der Waals surface area contributed by atoms with Crippen LogP contribution in [0.5, 0.6) is 5.75 Å². The van der Waals surface area contributed by atoms with E-state index in [-0.39, 0.29) is 34.1 Å². The minimum absolute atomic E-state index is 0.0366. The summed E-state index contributed by atoms with van der Waals surface area (Å²) in [7, 11) is -2.79. The Morgan fingerprint density at radius 1 is 1.11 bits per heavy atom. The van der Waals surface area contributed by atoms with Crippen molar-refractivity contribution in [3.05, 3.63) is 52.5 Å². The van der Waals surface area contributed by atoms with E-state index in [1.54, 1.807) is 43.0 Å². The number of hydrogen-bond acceptors (Lipinski definition) is 6. The highest BCUT2D eigenvalue weighted by Gasteiger charge is 2.34. The third kappa shape index (κ3) is 6.08. The lowest BCUT2D eigenvalue weighted by Crippen LogP contribution is -2.46. The molecule has 0 spiro atoms. The highest BCUT2D eigenvalue weighted by atomic mass is 35.5. The molecule has 2 aromatic carbocycles. The number of esters is 1. The minimum atomic E-state index is -4.19. The summed E-state index contributed by atoms with van der Waals surface area (Å²) in [5.41, 5.74) is 1.80. The molecule has 0 bridgehead atoms. The maximum absolute atomic E-state index is 13.9. The topological polar surface area (TPSA) is 93.2 Å². The summed E-state index contributed by atoms with van der Waals surface area (Å²) in [5, 5.41) is 0.390. The maximum Gasteiger partial charge on any atom is 0.309 e. The Kier molecular flexibility index (Phi) is 8.66. The van der Waals surface area contributed by atoms with E-state index in [0.717, 1.165) is 15.4 Å². The lowest BCUT2D eigenvalue weighted by atomic mass is 9.97. The van der Waals surface area contributed by atoms with Gasteiger partial charge in [-0.05, 0) is 69.0 Å². The Labute approximate surface area is 211 Å². The van der Waals surface area contributed by atoms with E-state index in [1.165, 1.54) is 19.2 Å². The summed E-state index contributed by atoms with van der Waals surface area (Å²) >= 11 is 6.31. The van der Waals surface area contributed by atoms with Crippen LogP contribution in [0.15, 0.2) is 41.3 Å². The predicted molar refractivity (Wildman–Crippen MR) is 134 cm³/mol. The quantitative estimate of drug-likeness (QED) is 0.487. The van der Waals surface area contributed by atoms with Crippen LogP contribution in [-0.4, -0.2) is 58.5 Å². The number of nitrogens with zero attached hydrogens (tertiary/aromatic N) is 2. The molecule has 8 nitrogen and oxygen atoms in total. The van der Waals surface area contributed by atoms with Crippen LogP contribution in [0.4, 0.5) is 5.69 Å². The van der Waals surface area contributed by atoms with E-state index >= 15 is 0 Å². The van der Waals surface area contributed by atoms with Gasteiger partial charge in [0.25, 0.3) is 10.0 Å². The van der Waals surface area contributed by atoms with Crippen LogP contribution < -0.4 is 9.04 Å². The van der Waals surface area contributed by atoms with Gasteiger partial charge < -0.3 is 14.4 Å². The summed E-state index contributed by atoms with van der Waals surface area (Å²) in [6.45, 7) is 5.94. The first-order chi connectivity index (χ1) is 16.6. The number of anilines is 1. The molecular formula is C25H31ClN2O6S. The van der Waals surface area contributed by atoms with Gasteiger partial charge in [0.2, 0.25) is 5.91 Å². The number of ether oxygens (including phenoxy) is 2. The molecule has 1 fully saturated rings. The van der Waals surface area contributed by atoms with Crippen LogP contribution in [0.3, 0.4) is 0 Å². The first kappa shape index (κ1) is 26.8. The zero-order valence-corrected chi connectivity index (χ0v) is 22.0. The lowest BCUT2D eigenvalue weighted by Gasteiger charge is -2.33. The van der Waals surface area contributed by atoms with Gasteiger partial charge in [0, 0.05) is 18.1 Å². The molecule has 1 amide bonds. The highest BCUT2D eigenvalue weighted by Crippen LogP contribution is 2.33. The molecule has 0 radical (unpaired) electrons. The Morgan fingerprint density at radius 3 is 2.40 bits per heavy atom. The van der Waals surface area contributed by atoms with E-state index in [4.69, 9.17) is 21.1 Å². The molecule has 1 heterocycles. The fourth-order valence-corrected chi connectivity index (χ4v) is 5.83.